The summed E-state index contributed by atoms with van der Waals surface area (Å²) in [5, 5.41) is 14.5. The molecule has 0 aromatic carbocycles. The molecule has 7 unspecified atom stereocenters. The van der Waals surface area contributed by atoms with Crippen molar-refractivity contribution in [2.24, 2.45) is 17.8 Å². The van der Waals surface area contributed by atoms with Crippen LogP contribution in [0.1, 0.15) is 82.8 Å². The normalized spacial score (nSPS) is 32.6. The van der Waals surface area contributed by atoms with Gasteiger partial charge in [-0.15, -0.1) is 0 Å². The molecule has 1 aromatic rings. The molecule has 8 nitrogen and oxygen atoms in total. The zero-order valence-electron chi connectivity index (χ0n) is 22.5. The van der Waals surface area contributed by atoms with Gasteiger partial charge < -0.3 is 29.4 Å². The van der Waals surface area contributed by atoms with Gasteiger partial charge in [-0.25, -0.2) is 4.79 Å². The Kier molecular flexibility index (Phi) is 9.54. The van der Waals surface area contributed by atoms with E-state index in [1.165, 1.54) is 0 Å². The number of pyridine rings is 1. The first-order valence-electron chi connectivity index (χ1n) is 13.5. The van der Waals surface area contributed by atoms with Crippen LogP contribution in [-0.4, -0.2) is 59.9 Å². The molecule has 5 rings (SSSR count). The van der Waals surface area contributed by atoms with Crippen LogP contribution in [0.25, 0.3) is 0 Å². The van der Waals surface area contributed by atoms with E-state index in [2.05, 4.69) is 24.3 Å². The van der Waals surface area contributed by atoms with E-state index in [1.54, 1.807) is 0 Å². The molecule has 8 heteroatoms. The quantitative estimate of drug-likeness (QED) is 0.626. The van der Waals surface area contributed by atoms with Gasteiger partial charge in [0.05, 0.1) is 17.7 Å². The largest absolute Gasteiger partial charge is 0.458 e. The van der Waals surface area contributed by atoms with Crippen LogP contribution >= 0.6 is 0 Å². The minimum absolute atomic E-state index is 0.0158. The molecular weight excluding hydrogens is 446 g/mol. The second-order valence-corrected chi connectivity index (χ2v) is 9.84. The summed E-state index contributed by atoms with van der Waals surface area (Å²) in [5.41, 5.74) is 2.11. The zero-order chi connectivity index (χ0) is 25.9. The number of aliphatic hydroxyl groups excluding tert-OH is 1. The van der Waals surface area contributed by atoms with Crippen LogP contribution in [0.3, 0.4) is 0 Å². The number of piperidine rings is 1. The molecule has 2 N–H and O–H groups in total. The number of esters is 1. The van der Waals surface area contributed by atoms with Gasteiger partial charge in [0.15, 0.2) is 6.10 Å². The standard InChI is InChI=1S/C23H33N3O5.2C2H6/c1-4-30-21-14-8-18-20-12(9-26(18)22(28)16(14)11-31-23(21)29)7-13-15(10-25(2)3)19(27)6-5-17(13)24-20;2*1-2/h8,12-13,15,17,19-21,24,27H,4-7,9-11H2,1-3H3;2*1-2H3. The van der Waals surface area contributed by atoms with E-state index in [1.807, 2.05) is 45.3 Å². The number of carbonyl (C=O) groups excluding carboxylic acids is 1. The van der Waals surface area contributed by atoms with Crippen LogP contribution in [0.5, 0.6) is 0 Å². The van der Waals surface area contributed by atoms with Crippen molar-refractivity contribution in [1.29, 1.82) is 0 Å². The van der Waals surface area contributed by atoms with Crippen LogP contribution in [0.4, 0.5) is 0 Å². The summed E-state index contributed by atoms with van der Waals surface area (Å²) in [4.78, 5) is 27.8. The van der Waals surface area contributed by atoms with E-state index < -0.39 is 12.1 Å². The van der Waals surface area contributed by atoms with Crippen LogP contribution < -0.4 is 10.9 Å². The third kappa shape index (κ3) is 5.22. The predicted octanol–water partition coefficient (Wildman–Crippen LogP) is 3.02. The molecular formula is C27H45N3O5. The number of aromatic nitrogens is 1. The highest BCUT2D eigenvalue weighted by Gasteiger charge is 2.49. The molecule has 1 aromatic heterocycles. The summed E-state index contributed by atoms with van der Waals surface area (Å²) >= 11 is 0. The Bertz CT molecular complexity index is 930. The fraction of sp³-hybridized carbons (Fsp3) is 0.778. The summed E-state index contributed by atoms with van der Waals surface area (Å²) in [6, 6.07) is 2.43. The number of nitrogens with one attached hydrogen (secondary N) is 1. The summed E-state index contributed by atoms with van der Waals surface area (Å²) in [7, 11) is 4.12. The van der Waals surface area contributed by atoms with Gasteiger partial charge in [0.2, 0.25) is 0 Å². The minimum Gasteiger partial charge on any atom is -0.458 e. The highest BCUT2D eigenvalue weighted by molar-refractivity contribution is 5.78. The molecule has 0 spiro atoms. The van der Waals surface area contributed by atoms with Crippen molar-refractivity contribution in [1.82, 2.24) is 14.8 Å². The van der Waals surface area contributed by atoms with E-state index in [9.17, 15) is 14.7 Å². The Morgan fingerprint density at radius 2 is 1.91 bits per heavy atom. The number of carbonyl (C=O) groups is 1. The highest BCUT2D eigenvalue weighted by Crippen LogP contribution is 2.47. The third-order valence-electron chi connectivity index (χ3n) is 7.74. The second kappa shape index (κ2) is 12.0. The third-order valence-corrected chi connectivity index (χ3v) is 7.74. The van der Waals surface area contributed by atoms with E-state index in [-0.39, 0.29) is 30.2 Å². The SMILES string of the molecule is CC.CC.CCOC1C(=O)OCc2c1cc1n(c2=O)CC2CC3C(CCC(O)C3CN(C)C)NC12. The second-order valence-electron chi connectivity index (χ2n) is 9.84. The van der Waals surface area contributed by atoms with Gasteiger partial charge in [-0.05, 0) is 58.2 Å². The average Bonchev–Trinajstić information content (AvgIpc) is 3.22. The van der Waals surface area contributed by atoms with Crippen molar-refractivity contribution < 1.29 is 19.4 Å². The lowest BCUT2D eigenvalue weighted by Gasteiger charge is -2.48. The molecule has 35 heavy (non-hydrogen) atoms. The maximum Gasteiger partial charge on any atom is 0.340 e. The van der Waals surface area contributed by atoms with Crippen LogP contribution in [-0.2, 0) is 27.4 Å². The Morgan fingerprint density at radius 3 is 2.57 bits per heavy atom. The molecule has 3 aliphatic heterocycles. The molecule has 7 atom stereocenters. The van der Waals surface area contributed by atoms with Crippen LogP contribution in [0, 0.1) is 17.8 Å². The van der Waals surface area contributed by atoms with Gasteiger partial charge in [0, 0.05) is 42.9 Å². The van der Waals surface area contributed by atoms with Crippen molar-refractivity contribution in [3.8, 4) is 0 Å². The first kappa shape index (κ1) is 27.8. The molecule has 1 saturated carbocycles. The zero-order valence-corrected chi connectivity index (χ0v) is 22.5. The van der Waals surface area contributed by atoms with Crippen molar-refractivity contribution in [2.45, 2.75) is 91.3 Å². The van der Waals surface area contributed by atoms with Gasteiger partial charge in [-0.3, -0.25) is 4.79 Å². The molecule has 0 bridgehead atoms. The number of hydrogen-bond acceptors (Lipinski definition) is 7. The Labute approximate surface area is 210 Å². The van der Waals surface area contributed by atoms with Gasteiger partial charge in [0.25, 0.3) is 5.56 Å². The van der Waals surface area contributed by atoms with Crippen molar-refractivity contribution in [2.75, 3.05) is 27.2 Å². The monoisotopic (exact) mass is 491 g/mol. The smallest absolute Gasteiger partial charge is 0.340 e. The molecule has 1 aliphatic carbocycles. The fourth-order valence-corrected chi connectivity index (χ4v) is 6.40. The number of cyclic esters (lactones) is 1. The lowest BCUT2D eigenvalue weighted by Crippen LogP contribution is -2.55. The van der Waals surface area contributed by atoms with E-state index in [0.717, 1.165) is 31.5 Å². The number of rotatable bonds is 4. The van der Waals surface area contributed by atoms with Crippen LogP contribution in [0.2, 0.25) is 0 Å². The Hall–Kier alpha value is -1.74. The topological polar surface area (TPSA) is 93.0 Å². The molecule has 2 fully saturated rings. The first-order valence-corrected chi connectivity index (χ1v) is 13.5. The number of hydrogen-bond donors (Lipinski definition) is 2. The summed E-state index contributed by atoms with van der Waals surface area (Å²) in [5.74, 6) is 0.518. The molecule has 1 saturated heterocycles. The fourth-order valence-electron chi connectivity index (χ4n) is 6.40. The average molecular weight is 492 g/mol. The maximum atomic E-state index is 13.3. The van der Waals surface area contributed by atoms with E-state index in [4.69, 9.17) is 9.47 Å². The first-order chi connectivity index (χ1) is 16.9. The number of aliphatic hydroxyl groups is 1. The van der Waals surface area contributed by atoms with Gasteiger partial charge in [0.1, 0.15) is 6.61 Å². The molecule has 198 valence electrons. The Balaban J connectivity index is 0.000000815. The van der Waals surface area contributed by atoms with Gasteiger partial charge >= 0.3 is 5.97 Å². The summed E-state index contributed by atoms with van der Waals surface area (Å²) in [6.07, 6.45) is 1.66. The van der Waals surface area contributed by atoms with Gasteiger partial charge in [-0.1, -0.05) is 27.7 Å². The minimum atomic E-state index is -0.822. The molecule has 4 heterocycles. The molecule has 4 aliphatic rings. The number of nitrogens with zero attached hydrogens (tertiary/aromatic N) is 2. The number of fused-ring (bicyclic) bond motifs is 5. The maximum absolute atomic E-state index is 13.3. The highest BCUT2D eigenvalue weighted by atomic mass is 16.6. The van der Waals surface area contributed by atoms with Gasteiger partial charge in [-0.2, -0.15) is 0 Å². The lowest BCUT2D eigenvalue weighted by molar-refractivity contribution is -0.161. The molecule has 0 radical (unpaired) electrons. The van der Waals surface area contributed by atoms with E-state index in [0.29, 0.717) is 42.2 Å². The van der Waals surface area contributed by atoms with E-state index >= 15 is 0 Å². The summed E-state index contributed by atoms with van der Waals surface area (Å²) < 4.78 is 12.8. The molecule has 0 amide bonds. The van der Waals surface area contributed by atoms with Crippen molar-refractivity contribution in [3.05, 3.63) is 33.2 Å². The summed E-state index contributed by atoms with van der Waals surface area (Å²) in [6.45, 7) is 11.8. The van der Waals surface area contributed by atoms with Crippen molar-refractivity contribution >= 4 is 5.97 Å². The number of ether oxygens (including phenoxy) is 2. The lowest BCUT2D eigenvalue weighted by atomic mass is 9.67. The Morgan fingerprint density at radius 1 is 1.20 bits per heavy atom. The van der Waals surface area contributed by atoms with Crippen LogP contribution in [0.15, 0.2) is 10.9 Å². The van der Waals surface area contributed by atoms with Crippen molar-refractivity contribution in [3.63, 3.8) is 0 Å². The predicted molar refractivity (Wildman–Crippen MR) is 136 cm³/mol.